The van der Waals surface area contributed by atoms with Crippen LogP contribution in [0.4, 0.5) is 0 Å². The van der Waals surface area contributed by atoms with Crippen LogP contribution in [0.1, 0.15) is 27.8 Å². The van der Waals surface area contributed by atoms with Crippen LogP contribution in [0.2, 0.25) is 5.02 Å². The van der Waals surface area contributed by atoms with E-state index >= 15 is 0 Å². The van der Waals surface area contributed by atoms with Crippen molar-refractivity contribution in [3.05, 3.63) is 74.8 Å². The van der Waals surface area contributed by atoms with Crippen LogP contribution in [-0.4, -0.2) is 27.7 Å². The van der Waals surface area contributed by atoms with Crippen molar-refractivity contribution < 1.29 is 14.6 Å². The van der Waals surface area contributed by atoms with E-state index in [1.165, 1.54) is 23.8 Å². The highest BCUT2D eigenvalue weighted by molar-refractivity contribution is 6.30. The molecular formula is C19H17ClN2O4. The van der Waals surface area contributed by atoms with Gasteiger partial charge in [0, 0.05) is 5.02 Å². The summed E-state index contributed by atoms with van der Waals surface area (Å²) in [6, 6.07) is 11.4. The van der Waals surface area contributed by atoms with Gasteiger partial charge in [-0.2, -0.15) is 0 Å². The third kappa shape index (κ3) is 3.47. The Morgan fingerprint density at radius 2 is 1.96 bits per heavy atom. The summed E-state index contributed by atoms with van der Waals surface area (Å²) in [5, 5.41) is 11.4. The van der Waals surface area contributed by atoms with Crippen LogP contribution < -0.4 is 5.56 Å². The third-order valence-corrected chi connectivity index (χ3v) is 4.43. The van der Waals surface area contributed by atoms with Gasteiger partial charge in [0.25, 0.3) is 5.56 Å². The number of aromatic nitrogens is 2. The highest BCUT2D eigenvalue weighted by Gasteiger charge is 2.15. The summed E-state index contributed by atoms with van der Waals surface area (Å²) in [5.74, 6) is -0.0498. The Morgan fingerprint density at radius 1 is 1.27 bits per heavy atom. The summed E-state index contributed by atoms with van der Waals surface area (Å²) in [5.41, 5.74) is 1.11. The molecule has 0 aliphatic heterocycles. The van der Waals surface area contributed by atoms with E-state index in [4.69, 9.17) is 11.6 Å². The number of aliphatic hydroxyl groups excluding tert-OH is 1. The van der Waals surface area contributed by atoms with Gasteiger partial charge in [-0.15, -0.1) is 0 Å². The number of carbonyl (C=O) groups excluding carboxylic acids is 1. The average Bonchev–Trinajstić information content (AvgIpc) is 2.64. The number of aryl methyl sites for hydroxylation is 1. The molecule has 1 aromatic heterocycles. The van der Waals surface area contributed by atoms with Crippen LogP contribution in [0.25, 0.3) is 10.9 Å². The molecule has 0 aliphatic rings. The lowest BCUT2D eigenvalue weighted by atomic mass is 10.1. The quantitative estimate of drug-likeness (QED) is 0.712. The molecule has 0 unspecified atom stereocenters. The molecule has 0 amide bonds. The molecule has 3 aromatic rings. The molecule has 3 rings (SSSR count). The fourth-order valence-corrected chi connectivity index (χ4v) is 2.88. The van der Waals surface area contributed by atoms with E-state index < -0.39 is 12.1 Å². The molecule has 0 saturated carbocycles. The van der Waals surface area contributed by atoms with Gasteiger partial charge in [-0.3, -0.25) is 9.36 Å². The Morgan fingerprint density at radius 3 is 2.62 bits per heavy atom. The minimum atomic E-state index is -0.878. The van der Waals surface area contributed by atoms with Crippen molar-refractivity contribution in [2.75, 3.05) is 7.11 Å². The summed E-state index contributed by atoms with van der Waals surface area (Å²) >= 11 is 5.86. The van der Waals surface area contributed by atoms with Crippen LogP contribution in [0, 0.1) is 6.92 Å². The molecule has 1 heterocycles. The minimum absolute atomic E-state index is 0.0635. The first-order chi connectivity index (χ1) is 12.4. The Bertz CT molecular complexity index is 1030. The molecule has 134 valence electrons. The highest BCUT2D eigenvalue weighted by atomic mass is 35.5. The lowest BCUT2D eigenvalue weighted by Gasteiger charge is -2.16. The molecule has 2 aromatic carbocycles. The fraction of sp³-hybridized carbons (Fsp3) is 0.211. The summed E-state index contributed by atoms with van der Waals surface area (Å²) in [4.78, 5) is 28.8. The van der Waals surface area contributed by atoms with Crippen LogP contribution in [0.5, 0.6) is 0 Å². The number of rotatable bonds is 4. The first kappa shape index (κ1) is 18.1. The van der Waals surface area contributed by atoms with E-state index in [-0.39, 0.29) is 12.1 Å². The predicted molar refractivity (Wildman–Crippen MR) is 98.5 cm³/mol. The number of aliphatic hydroxyl groups is 1. The normalized spacial score (nSPS) is 12.2. The average molecular weight is 373 g/mol. The van der Waals surface area contributed by atoms with Crippen molar-refractivity contribution in [1.29, 1.82) is 0 Å². The molecule has 26 heavy (non-hydrogen) atoms. The van der Waals surface area contributed by atoms with Crippen molar-refractivity contribution in [2.24, 2.45) is 0 Å². The zero-order chi connectivity index (χ0) is 18.8. The number of ether oxygens (including phenoxy) is 1. The van der Waals surface area contributed by atoms with Crippen molar-refractivity contribution in [3.63, 3.8) is 0 Å². The van der Waals surface area contributed by atoms with Gasteiger partial charge in [-0.1, -0.05) is 23.7 Å². The molecule has 0 radical (unpaired) electrons. The first-order valence-electron chi connectivity index (χ1n) is 7.93. The lowest BCUT2D eigenvalue weighted by Crippen LogP contribution is -2.26. The second-order valence-corrected chi connectivity index (χ2v) is 6.30. The van der Waals surface area contributed by atoms with Crippen molar-refractivity contribution in [3.8, 4) is 0 Å². The van der Waals surface area contributed by atoms with E-state index in [9.17, 15) is 14.7 Å². The highest BCUT2D eigenvalue weighted by Crippen LogP contribution is 2.19. The molecule has 0 bridgehead atoms. The zero-order valence-corrected chi connectivity index (χ0v) is 15.0. The molecular weight excluding hydrogens is 356 g/mol. The zero-order valence-electron chi connectivity index (χ0n) is 14.3. The van der Waals surface area contributed by atoms with E-state index in [0.717, 1.165) is 0 Å². The van der Waals surface area contributed by atoms with Gasteiger partial charge in [-0.25, -0.2) is 9.78 Å². The summed E-state index contributed by atoms with van der Waals surface area (Å²) < 4.78 is 6.10. The third-order valence-electron chi connectivity index (χ3n) is 4.18. The number of carbonyl (C=O) groups is 1. The maximum Gasteiger partial charge on any atom is 0.337 e. The molecule has 6 nitrogen and oxygen atoms in total. The summed E-state index contributed by atoms with van der Waals surface area (Å²) in [6.07, 6.45) is -0.878. The first-order valence-corrected chi connectivity index (χ1v) is 8.31. The summed E-state index contributed by atoms with van der Waals surface area (Å²) in [6.45, 7) is 1.74. The Balaban J connectivity index is 2.00. The van der Waals surface area contributed by atoms with E-state index in [1.54, 1.807) is 37.3 Å². The molecule has 0 spiro atoms. The van der Waals surface area contributed by atoms with Gasteiger partial charge in [-0.05, 0) is 42.8 Å². The fourth-order valence-electron chi connectivity index (χ4n) is 2.76. The van der Waals surface area contributed by atoms with Crippen LogP contribution in [-0.2, 0) is 11.3 Å². The van der Waals surface area contributed by atoms with Gasteiger partial charge >= 0.3 is 5.97 Å². The number of hydrogen-bond acceptors (Lipinski definition) is 5. The second kappa shape index (κ2) is 7.27. The van der Waals surface area contributed by atoms with Crippen LogP contribution in [0.15, 0.2) is 47.3 Å². The largest absolute Gasteiger partial charge is 0.465 e. The van der Waals surface area contributed by atoms with Crippen LogP contribution in [0.3, 0.4) is 0 Å². The van der Waals surface area contributed by atoms with Crippen molar-refractivity contribution >= 4 is 28.5 Å². The molecule has 7 heteroatoms. The topological polar surface area (TPSA) is 81.4 Å². The number of methoxy groups -OCH3 is 1. The van der Waals surface area contributed by atoms with Gasteiger partial charge in [0.15, 0.2) is 0 Å². The van der Waals surface area contributed by atoms with Crippen molar-refractivity contribution in [1.82, 2.24) is 9.55 Å². The van der Waals surface area contributed by atoms with Gasteiger partial charge in [0.1, 0.15) is 5.82 Å². The predicted octanol–water partition coefficient (Wildman–Crippen LogP) is 2.88. The van der Waals surface area contributed by atoms with E-state index in [1.807, 2.05) is 0 Å². The monoisotopic (exact) mass is 372 g/mol. The number of esters is 1. The van der Waals surface area contributed by atoms with Crippen molar-refractivity contribution in [2.45, 2.75) is 19.6 Å². The molecule has 0 fully saturated rings. The van der Waals surface area contributed by atoms with Crippen LogP contribution >= 0.6 is 11.6 Å². The number of benzene rings is 2. The number of halogens is 1. The lowest BCUT2D eigenvalue weighted by molar-refractivity contribution is 0.0601. The summed E-state index contributed by atoms with van der Waals surface area (Å²) in [7, 11) is 1.29. The molecule has 0 aliphatic carbocycles. The maximum atomic E-state index is 12.8. The smallest absolute Gasteiger partial charge is 0.337 e. The van der Waals surface area contributed by atoms with Gasteiger partial charge < -0.3 is 9.84 Å². The number of hydrogen-bond donors (Lipinski definition) is 1. The van der Waals surface area contributed by atoms with E-state index in [0.29, 0.717) is 32.9 Å². The number of fused-ring (bicyclic) bond motifs is 1. The Kier molecular flexibility index (Phi) is 5.06. The van der Waals surface area contributed by atoms with E-state index in [2.05, 4.69) is 9.72 Å². The SMILES string of the molecule is COC(=O)c1ccc2c(=O)n(C[C@H](O)c3ccc(Cl)cc3)c(C)nc2c1. The standard InChI is InChI=1S/C19H17ClN2O4/c1-11-21-16-9-13(19(25)26-2)5-8-15(16)18(24)22(11)10-17(23)12-3-6-14(20)7-4-12/h3-9,17,23H,10H2,1-2H3/t17-/m0/s1. The van der Waals surface area contributed by atoms with Gasteiger partial charge in [0.2, 0.25) is 0 Å². The Labute approximate surface area is 154 Å². The second-order valence-electron chi connectivity index (χ2n) is 5.87. The maximum absolute atomic E-state index is 12.8. The van der Waals surface area contributed by atoms with Gasteiger partial charge in [0.05, 0.1) is 36.2 Å². The Hall–Kier alpha value is -2.70. The number of nitrogens with zero attached hydrogens (tertiary/aromatic N) is 2. The minimum Gasteiger partial charge on any atom is -0.465 e. The molecule has 1 atom stereocenters. The molecule has 1 N–H and O–H groups in total. The molecule has 0 saturated heterocycles.